The van der Waals surface area contributed by atoms with Crippen LogP contribution in [0.5, 0.6) is 0 Å². The molecule has 0 atom stereocenters. The molecule has 1 fully saturated rings. The summed E-state index contributed by atoms with van der Waals surface area (Å²) in [6.45, 7) is 6.85. The number of nitrogens with zero attached hydrogens (tertiary/aromatic N) is 1. The highest BCUT2D eigenvalue weighted by Crippen LogP contribution is 2.09. The quantitative estimate of drug-likeness (QED) is 0.427. The fourth-order valence-electron chi connectivity index (χ4n) is 0.968. The van der Waals surface area contributed by atoms with E-state index in [1.165, 1.54) is 0 Å². The predicted molar refractivity (Wildman–Crippen MR) is 42.2 cm³/mol. The van der Waals surface area contributed by atoms with E-state index < -0.39 is 0 Å². The van der Waals surface area contributed by atoms with Gasteiger partial charge in [-0.25, -0.2) is 4.79 Å². The van der Waals surface area contributed by atoms with Crippen LogP contribution in [-0.2, 0) is 9.53 Å². The van der Waals surface area contributed by atoms with Crippen LogP contribution < -0.4 is 0 Å². The Morgan fingerprint density at radius 1 is 1.64 bits per heavy atom. The number of likely N-dealkylation sites (tertiary alicyclic amines) is 1. The van der Waals surface area contributed by atoms with Crippen LogP contribution in [0.4, 0.5) is 0 Å². The smallest absolute Gasteiger partial charge is 0.333 e. The van der Waals surface area contributed by atoms with E-state index in [1.54, 1.807) is 6.92 Å². The van der Waals surface area contributed by atoms with E-state index in [2.05, 4.69) is 11.5 Å². The molecule has 1 saturated heterocycles. The number of ether oxygens (including phenoxy) is 1. The first-order chi connectivity index (χ1) is 5.09. The molecule has 0 unspecified atom stereocenters. The van der Waals surface area contributed by atoms with Crippen LogP contribution in [0.15, 0.2) is 12.2 Å². The van der Waals surface area contributed by atoms with Crippen molar-refractivity contribution in [2.75, 3.05) is 20.1 Å². The van der Waals surface area contributed by atoms with Crippen molar-refractivity contribution in [1.82, 2.24) is 4.90 Å². The Morgan fingerprint density at radius 2 is 2.18 bits per heavy atom. The number of esters is 1. The molecular weight excluding hydrogens is 142 g/mol. The Morgan fingerprint density at radius 3 is 2.55 bits per heavy atom. The van der Waals surface area contributed by atoms with Gasteiger partial charge in [0.1, 0.15) is 6.10 Å². The maximum atomic E-state index is 10.9. The number of hydrogen-bond acceptors (Lipinski definition) is 3. The maximum absolute atomic E-state index is 10.9. The highest BCUT2D eigenvalue weighted by atomic mass is 16.5. The first-order valence-electron chi connectivity index (χ1n) is 3.64. The summed E-state index contributed by atoms with van der Waals surface area (Å²) in [7, 11) is 1.99. The van der Waals surface area contributed by atoms with E-state index in [-0.39, 0.29) is 12.1 Å². The van der Waals surface area contributed by atoms with Crippen LogP contribution in [0, 0.1) is 0 Å². The molecule has 1 rings (SSSR count). The van der Waals surface area contributed by atoms with Gasteiger partial charge in [0, 0.05) is 18.7 Å². The zero-order chi connectivity index (χ0) is 8.43. The Bertz CT molecular complexity index is 183. The lowest BCUT2D eigenvalue weighted by atomic mass is 10.2. The van der Waals surface area contributed by atoms with Gasteiger partial charge in [-0.15, -0.1) is 0 Å². The summed E-state index contributed by atoms with van der Waals surface area (Å²) in [6.07, 6.45) is 0.0872. The average molecular weight is 155 g/mol. The lowest BCUT2D eigenvalue weighted by Crippen LogP contribution is -2.50. The van der Waals surface area contributed by atoms with Gasteiger partial charge in [0.2, 0.25) is 0 Å². The summed E-state index contributed by atoms with van der Waals surface area (Å²) >= 11 is 0. The second-order valence-electron chi connectivity index (χ2n) is 3.03. The van der Waals surface area contributed by atoms with Crippen molar-refractivity contribution < 1.29 is 9.53 Å². The molecule has 1 aliphatic rings. The molecular formula is C8H13NO2. The second kappa shape index (κ2) is 3.05. The van der Waals surface area contributed by atoms with Crippen molar-refractivity contribution in [1.29, 1.82) is 0 Å². The number of hydrogen-bond donors (Lipinski definition) is 0. The third-order valence-electron chi connectivity index (χ3n) is 1.65. The molecule has 1 aliphatic heterocycles. The van der Waals surface area contributed by atoms with Gasteiger partial charge in [0.05, 0.1) is 0 Å². The minimum absolute atomic E-state index is 0.0872. The molecule has 62 valence electrons. The van der Waals surface area contributed by atoms with Crippen molar-refractivity contribution in [3.63, 3.8) is 0 Å². The molecule has 0 aliphatic carbocycles. The van der Waals surface area contributed by atoms with Gasteiger partial charge in [-0.05, 0) is 14.0 Å². The van der Waals surface area contributed by atoms with Crippen LogP contribution in [0.25, 0.3) is 0 Å². The highest BCUT2D eigenvalue weighted by Gasteiger charge is 2.26. The van der Waals surface area contributed by atoms with E-state index in [4.69, 9.17) is 4.74 Å². The minimum Gasteiger partial charge on any atom is -0.456 e. The lowest BCUT2D eigenvalue weighted by Gasteiger charge is -2.35. The van der Waals surface area contributed by atoms with Gasteiger partial charge < -0.3 is 4.74 Å². The molecule has 0 spiro atoms. The van der Waals surface area contributed by atoms with E-state index in [0.717, 1.165) is 13.1 Å². The van der Waals surface area contributed by atoms with Gasteiger partial charge in [-0.1, -0.05) is 6.58 Å². The monoisotopic (exact) mass is 155 g/mol. The highest BCUT2D eigenvalue weighted by molar-refractivity contribution is 5.87. The maximum Gasteiger partial charge on any atom is 0.333 e. The topological polar surface area (TPSA) is 29.5 Å². The molecule has 0 saturated carbocycles. The zero-order valence-corrected chi connectivity index (χ0v) is 6.96. The predicted octanol–water partition coefficient (Wildman–Crippen LogP) is 0.420. The zero-order valence-electron chi connectivity index (χ0n) is 6.96. The summed E-state index contributed by atoms with van der Waals surface area (Å²) in [6, 6.07) is 0. The van der Waals surface area contributed by atoms with Crippen LogP contribution in [-0.4, -0.2) is 37.1 Å². The van der Waals surface area contributed by atoms with Gasteiger partial charge >= 0.3 is 5.97 Å². The van der Waals surface area contributed by atoms with Crippen LogP contribution >= 0.6 is 0 Å². The fourth-order valence-corrected chi connectivity index (χ4v) is 0.968. The van der Waals surface area contributed by atoms with Crippen molar-refractivity contribution in [3.05, 3.63) is 12.2 Å². The first-order valence-corrected chi connectivity index (χ1v) is 3.64. The number of carbonyl (C=O) groups is 1. The number of likely N-dealkylation sites (N-methyl/N-ethyl adjacent to an activating group) is 1. The Hall–Kier alpha value is -0.830. The molecule has 0 aromatic rings. The molecule has 11 heavy (non-hydrogen) atoms. The molecule has 0 bridgehead atoms. The SMILES string of the molecule is C=C(C)C(=O)OC1CN(C)C1. The van der Waals surface area contributed by atoms with Gasteiger partial charge in [-0.2, -0.15) is 0 Å². The van der Waals surface area contributed by atoms with Crippen LogP contribution in [0.3, 0.4) is 0 Å². The van der Waals surface area contributed by atoms with Gasteiger partial charge in [-0.3, -0.25) is 4.90 Å². The summed E-state index contributed by atoms with van der Waals surface area (Å²) in [5.74, 6) is -0.275. The Labute approximate surface area is 66.6 Å². The number of carbonyl (C=O) groups excluding carboxylic acids is 1. The fraction of sp³-hybridized carbons (Fsp3) is 0.625. The van der Waals surface area contributed by atoms with Crippen LogP contribution in [0.2, 0.25) is 0 Å². The van der Waals surface area contributed by atoms with Crippen LogP contribution in [0.1, 0.15) is 6.92 Å². The molecule has 0 radical (unpaired) electrons. The minimum atomic E-state index is -0.275. The Kier molecular flexibility index (Phi) is 2.29. The first kappa shape index (κ1) is 8.27. The second-order valence-corrected chi connectivity index (χ2v) is 3.03. The molecule has 0 aromatic carbocycles. The Balaban J connectivity index is 2.22. The van der Waals surface area contributed by atoms with Gasteiger partial charge in [0.25, 0.3) is 0 Å². The summed E-state index contributed by atoms with van der Waals surface area (Å²) in [4.78, 5) is 13.0. The molecule has 3 nitrogen and oxygen atoms in total. The largest absolute Gasteiger partial charge is 0.456 e. The molecule has 1 heterocycles. The normalized spacial score (nSPS) is 19.1. The van der Waals surface area contributed by atoms with Crippen molar-refractivity contribution >= 4 is 5.97 Å². The third-order valence-corrected chi connectivity index (χ3v) is 1.65. The summed E-state index contributed by atoms with van der Waals surface area (Å²) in [5.41, 5.74) is 0.472. The van der Waals surface area contributed by atoms with E-state index in [0.29, 0.717) is 5.57 Å². The van der Waals surface area contributed by atoms with Crippen molar-refractivity contribution in [2.45, 2.75) is 13.0 Å². The van der Waals surface area contributed by atoms with E-state index in [9.17, 15) is 4.79 Å². The molecule has 0 aromatic heterocycles. The summed E-state index contributed by atoms with van der Waals surface area (Å²) < 4.78 is 5.04. The average Bonchev–Trinajstić information content (AvgIpc) is 1.84. The lowest BCUT2D eigenvalue weighted by molar-refractivity contribution is -0.151. The van der Waals surface area contributed by atoms with E-state index in [1.807, 2.05) is 7.05 Å². The van der Waals surface area contributed by atoms with Crippen molar-refractivity contribution in [3.8, 4) is 0 Å². The third kappa shape index (κ3) is 2.05. The summed E-state index contributed by atoms with van der Waals surface area (Å²) in [5, 5.41) is 0. The molecule has 3 heteroatoms. The molecule has 0 amide bonds. The standard InChI is InChI=1S/C8H13NO2/c1-6(2)8(10)11-7-4-9(3)5-7/h7H,1,4-5H2,2-3H3. The van der Waals surface area contributed by atoms with Gasteiger partial charge in [0.15, 0.2) is 0 Å². The molecule has 0 N–H and O–H groups in total. The van der Waals surface area contributed by atoms with E-state index >= 15 is 0 Å². The van der Waals surface area contributed by atoms with Crippen molar-refractivity contribution in [2.24, 2.45) is 0 Å². The number of rotatable bonds is 2.